The van der Waals surface area contributed by atoms with Crippen LogP contribution in [0, 0.1) is 0 Å². The summed E-state index contributed by atoms with van der Waals surface area (Å²) in [5, 5.41) is 6.16. The Kier molecular flexibility index (Phi) is 8.90. The Morgan fingerprint density at radius 3 is 2.83 bits per heavy atom. The highest BCUT2D eigenvalue weighted by atomic mass is 35.5. The third-order valence-corrected chi connectivity index (χ3v) is 3.42. The molecular formula is C11H23Cl2N3O2. The molecule has 0 bridgehead atoms. The van der Waals surface area contributed by atoms with E-state index < -0.39 is 0 Å². The van der Waals surface area contributed by atoms with Crippen LogP contribution in [-0.2, 0) is 9.53 Å². The summed E-state index contributed by atoms with van der Waals surface area (Å²) >= 11 is 0. The van der Waals surface area contributed by atoms with Crippen molar-refractivity contribution in [1.82, 2.24) is 15.5 Å². The number of likely N-dealkylation sites (tertiary alicyclic amines) is 1. The molecule has 2 heterocycles. The summed E-state index contributed by atoms with van der Waals surface area (Å²) in [6, 6.07) is 0.342. The molecule has 18 heavy (non-hydrogen) atoms. The van der Waals surface area contributed by atoms with Gasteiger partial charge < -0.3 is 20.3 Å². The van der Waals surface area contributed by atoms with Gasteiger partial charge in [-0.15, -0.1) is 24.8 Å². The van der Waals surface area contributed by atoms with E-state index in [9.17, 15) is 4.79 Å². The maximum absolute atomic E-state index is 11.8. The number of carbonyl (C=O) groups excluding carboxylic acids is 1. The van der Waals surface area contributed by atoms with Crippen molar-refractivity contribution in [3.05, 3.63) is 0 Å². The first-order chi connectivity index (χ1) is 7.77. The van der Waals surface area contributed by atoms with Gasteiger partial charge in [-0.3, -0.25) is 4.79 Å². The summed E-state index contributed by atoms with van der Waals surface area (Å²) in [4.78, 5) is 14.1. The minimum atomic E-state index is -0.166. The molecule has 7 heteroatoms. The molecule has 0 aromatic rings. The number of ether oxygens (including phenoxy) is 1. The third-order valence-electron chi connectivity index (χ3n) is 3.42. The Hall–Kier alpha value is -0.0700. The molecule has 108 valence electrons. The van der Waals surface area contributed by atoms with E-state index in [0.717, 1.165) is 19.6 Å². The molecule has 1 amide bonds. The Labute approximate surface area is 121 Å². The SMILES string of the molecule is CN1CCCC1CNC(=O)C1COCCN1.Cl.Cl. The maximum Gasteiger partial charge on any atom is 0.239 e. The fraction of sp³-hybridized carbons (Fsp3) is 0.909. The van der Waals surface area contributed by atoms with E-state index in [0.29, 0.717) is 19.3 Å². The summed E-state index contributed by atoms with van der Waals surface area (Å²) in [5.74, 6) is 0.0694. The lowest BCUT2D eigenvalue weighted by atomic mass is 10.2. The van der Waals surface area contributed by atoms with Crippen molar-refractivity contribution in [3.8, 4) is 0 Å². The lowest BCUT2D eigenvalue weighted by Gasteiger charge is -2.25. The Morgan fingerprint density at radius 2 is 2.28 bits per heavy atom. The molecule has 2 N–H and O–H groups in total. The molecule has 0 saturated carbocycles. The minimum Gasteiger partial charge on any atom is -0.378 e. The molecule has 0 aromatic heterocycles. The third kappa shape index (κ3) is 4.90. The largest absolute Gasteiger partial charge is 0.378 e. The van der Waals surface area contributed by atoms with E-state index in [4.69, 9.17) is 4.74 Å². The van der Waals surface area contributed by atoms with Crippen molar-refractivity contribution in [1.29, 1.82) is 0 Å². The molecule has 0 aliphatic carbocycles. The maximum atomic E-state index is 11.8. The molecule has 2 aliphatic heterocycles. The average molecular weight is 300 g/mol. The zero-order valence-electron chi connectivity index (χ0n) is 10.7. The molecule has 2 aliphatic rings. The zero-order chi connectivity index (χ0) is 11.4. The number of hydrogen-bond acceptors (Lipinski definition) is 4. The van der Waals surface area contributed by atoms with Gasteiger partial charge in [-0.25, -0.2) is 0 Å². The second kappa shape index (κ2) is 8.93. The van der Waals surface area contributed by atoms with E-state index in [1.165, 1.54) is 12.8 Å². The highest BCUT2D eigenvalue weighted by Gasteiger charge is 2.24. The lowest BCUT2D eigenvalue weighted by molar-refractivity contribution is -0.126. The van der Waals surface area contributed by atoms with E-state index in [-0.39, 0.29) is 36.8 Å². The number of rotatable bonds is 3. The average Bonchev–Trinajstić information content (AvgIpc) is 2.73. The van der Waals surface area contributed by atoms with Crippen LogP contribution in [0.4, 0.5) is 0 Å². The molecule has 0 aromatic carbocycles. The highest BCUT2D eigenvalue weighted by Crippen LogP contribution is 2.13. The first kappa shape index (κ1) is 17.9. The quantitative estimate of drug-likeness (QED) is 0.772. The van der Waals surface area contributed by atoms with E-state index in [1.807, 2.05) is 0 Å². The van der Waals surface area contributed by atoms with E-state index >= 15 is 0 Å². The van der Waals surface area contributed by atoms with Crippen LogP contribution >= 0.6 is 24.8 Å². The molecule has 0 spiro atoms. The van der Waals surface area contributed by atoms with Crippen LogP contribution in [-0.4, -0.2) is 62.8 Å². The number of nitrogens with one attached hydrogen (secondary N) is 2. The van der Waals surface area contributed by atoms with Gasteiger partial charge in [0.05, 0.1) is 13.2 Å². The second-order valence-electron chi connectivity index (χ2n) is 4.60. The number of nitrogens with zero attached hydrogens (tertiary/aromatic N) is 1. The highest BCUT2D eigenvalue weighted by molar-refractivity contribution is 5.85. The van der Waals surface area contributed by atoms with E-state index in [1.54, 1.807) is 0 Å². The summed E-state index contributed by atoms with van der Waals surface area (Å²) < 4.78 is 5.26. The van der Waals surface area contributed by atoms with Crippen molar-refractivity contribution >= 4 is 30.7 Å². The van der Waals surface area contributed by atoms with Crippen LogP contribution in [0.5, 0.6) is 0 Å². The molecule has 5 nitrogen and oxygen atoms in total. The van der Waals surface area contributed by atoms with Gasteiger partial charge in [-0.2, -0.15) is 0 Å². The summed E-state index contributed by atoms with van der Waals surface area (Å²) in [7, 11) is 2.12. The van der Waals surface area contributed by atoms with Crippen LogP contribution in [0.3, 0.4) is 0 Å². The van der Waals surface area contributed by atoms with Gasteiger partial charge in [0.2, 0.25) is 5.91 Å². The topological polar surface area (TPSA) is 53.6 Å². The van der Waals surface area contributed by atoms with Crippen LogP contribution in [0.2, 0.25) is 0 Å². The molecular weight excluding hydrogens is 277 g/mol. The standard InChI is InChI=1S/C11H21N3O2.2ClH/c1-14-5-2-3-9(14)7-13-11(15)10-8-16-6-4-12-10;;/h9-10,12H,2-8H2,1H3,(H,13,15);2*1H. The molecule has 2 atom stereocenters. The lowest BCUT2D eigenvalue weighted by Crippen LogP contribution is -2.52. The van der Waals surface area contributed by atoms with Gasteiger partial charge in [0.25, 0.3) is 0 Å². The molecule has 2 unspecified atom stereocenters. The monoisotopic (exact) mass is 299 g/mol. The summed E-state index contributed by atoms with van der Waals surface area (Å²) in [6.45, 7) is 3.86. The fourth-order valence-corrected chi connectivity index (χ4v) is 2.31. The van der Waals surface area contributed by atoms with Gasteiger partial charge in [-0.1, -0.05) is 0 Å². The van der Waals surface area contributed by atoms with Crippen molar-refractivity contribution in [3.63, 3.8) is 0 Å². The Balaban J connectivity index is 0.00000144. The molecule has 2 saturated heterocycles. The fourth-order valence-electron chi connectivity index (χ4n) is 2.31. The van der Waals surface area contributed by atoms with Crippen molar-refractivity contribution in [2.24, 2.45) is 0 Å². The number of halogens is 2. The predicted octanol–water partition coefficient (Wildman–Crippen LogP) is 0.0288. The molecule has 0 radical (unpaired) electrons. The second-order valence-corrected chi connectivity index (χ2v) is 4.60. The minimum absolute atomic E-state index is 0. The zero-order valence-corrected chi connectivity index (χ0v) is 12.3. The number of morpholine rings is 1. The van der Waals surface area contributed by atoms with Gasteiger partial charge >= 0.3 is 0 Å². The van der Waals surface area contributed by atoms with Crippen molar-refractivity contribution < 1.29 is 9.53 Å². The molecule has 2 fully saturated rings. The number of amides is 1. The number of hydrogen-bond donors (Lipinski definition) is 2. The van der Waals surface area contributed by atoms with Crippen molar-refractivity contribution in [2.75, 3.05) is 39.9 Å². The summed E-state index contributed by atoms with van der Waals surface area (Å²) in [6.07, 6.45) is 2.42. The van der Waals surface area contributed by atoms with Crippen LogP contribution in [0.15, 0.2) is 0 Å². The van der Waals surface area contributed by atoms with Gasteiger partial charge in [0.1, 0.15) is 6.04 Å². The van der Waals surface area contributed by atoms with E-state index in [2.05, 4.69) is 22.6 Å². The normalized spacial score (nSPS) is 28.1. The first-order valence-corrected chi connectivity index (χ1v) is 6.06. The predicted molar refractivity (Wildman–Crippen MR) is 75.8 cm³/mol. The van der Waals surface area contributed by atoms with Crippen LogP contribution in [0.25, 0.3) is 0 Å². The van der Waals surface area contributed by atoms with Gasteiger partial charge in [0.15, 0.2) is 0 Å². The Morgan fingerprint density at radius 1 is 1.50 bits per heavy atom. The van der Waals surface area contributed by atoms with Crippen molar-refractivity contribution in [2.45, 2.75) is 24.9 Å². The summed E-state index contributed by atoms with van der Waals surface area (Å²) in [5.41, 5.74) is 0. The first-order valence-electron chi connectivity index (χ1n) is 6.06. The smallest absolute Gasteiger partial charge is 0.239 e. The Bertz CT molecular complexity index is 250. The molecule has 2 rings (SSSR count). The number of likely N-dealkylation sites (N-methyl/N-ethyl adjacent to an activating group) is 1. The van der Waals surface area contributed by atoms with Crippen LogP contribution < -0.4 is 10.6 Å². The van der Waals surface area contributed by atoms with Crippen LogP contribution in [0.1, 0.15) is 12.8 Å². The van der Waals surface area contributed by atoms with Gasteiger partial charge in [0, 0.05) is 19.1 Å². The van der Waals surface area contributed by atoms with Gasteiger partial charge in [-0.05, 0) is 26.4 Å². The number of carbonyl (C=O) groups is 1.